The Hall–Kier alpha value is -2.21. The van der Waals surface area contributed by atoms with E-state index >= 15 is 0 Å². The molecule has 4 unspecified atom stereocenters. The number of hydrogen-bond donors (Lipinski definition) is 3. The molecule has 3 amide bonds. The van der Waals surface area contributed by atoms with E-state index in [2.05, 4.69) is 15.4 Å². The van der Waals surface area contributed by atoms with Crippen molar-refractivity contribution in [3.05, 3.63) is 0 Å². The molecule has 32 heavy (non-hydrogen) atoms. The van der Waals surface area contributed by atoms with Gasteiger partial charge in [-0.3, -0.25) is 23.9 Å². The molecule has 0 bridgehead atoms. The van der Waals surface area contributed by atoms with Crippen LogP contribution < -0.4 is 10.6 Å². The molecule has 0 spiro atoms. The van der Waals surface area contributed by atoms with E-state index in [-0.39, 0.29) is 37.6 Å². The first-order valence-electron chi connectivity index (χ1n) is 10.7. The van der Waals surface area contributed by atoms with E-state index in [4.69, 9.17) is 0 Å². The Morgan fingerprint density at radius 3 is 2.53 bits per heavy atom. The van der Waals surface area contributed by atoms with Gasteiger partial charge in [-0.2, -0.15) is 0 Å². The van der Waals surface area contributed by atoms with Crippen LogP contribution in [0.15, 0.2) is 0 Å². The van der Waals surface area contributed by atoms with Crippen molar-refractivity contribution in [3.63, 3.8) is 0 Å². The number of aliphatic hydroxyl groups excluding tert-OH is 1. The fourth-order valence-corrected chi connectivity index (χ4v) is 3.99. The van der Waals surface area contributed by atoms with E-state index in [9.17, 15) is 37.5 Å². The van der Waals surface area contributed by atoms with Gasteiger partial charge in [0.2, 0.25) is 11.8 Å². The van der Waals surface area contributed by atoms with Crippen molar-refractivity contribution >= 4 is 23.5 Å². The van der Waals surface area contributed by atoms with Crippen molar-refractivity contribution in [1.29, 1.82) is 0 Å². The molecule has 9 nitrogen and oxygen atoms in total. The van der Waals surface area contributed by atoms with Crippen LogP contribution in [0.1, 0.15) is 46.0 Å². The molecule has 0 aromatic rings. The molecular weight excluding hydrogens is 435 g/mol. The molecule has 2 rings (SSSR count). The number of ketones is 1. The standard InChI is InChI=1S/C20H30F3N3O6/c1-11(2)8-15(27)19(31)26-7-3-4-14(26)18(30)25-13(9-12-5-6-24-17(12)29)16(28)10-32-20(21,22)23/h11-15,27H,3-10H2,1-2H3,(H,24,29)(H,25,30). The number of carbonyl (C=O) groups excluding carboxylic acids is 4. The summed E-state index contributed by atoms with van der Waals surface area (Å²) in [4.78, 5) is 50.9. The highest BCUT2D eigenvalue weighted by molar-refractivity contribution is 5.94. The zero-order valence-electron chi connectivity index (χ0n) is 18.1. The van der Waals surface area contributed by atoms with Gasteiger partial charge in [-0.05, 0) is 38.0 Å². The maximum absolute atomic E-state index is 12.9. The molecule has 2 saturated heterocycles. The van der Waals surface area contributed by atoms with Gasteiger partial charge in [0.1, 0.15) is 18.8 Å². The van der Waals surface area contributed by atoms with E-state index in [1.165, 1.54) is 4.90 Å². The van der Waals surface area contributed by atoms with Crippen molar-refractivity contribution < 1.29 is 42.2 Å². The predicted octanol–water partition coefficient (Wildman–Crippen LogP) is 0.501. The normalized spacial score (nSPS) is 23.2. The van der Waals surface area contributed by atoms with E-state index in [0.29, 0.717) is 19.4 Å². The highest BCUT2D eigenvalue weighted by atomic mass is 19.4. The first kappa shape index (κ1) is 26.0. The molecule has 2 heterocycles. The minimum atomic E-state index is -5.02. The van der Waals surface area contributed by atoms with Gasteiger partial charge < -0.3 is 20.6 Å². The molecule has 0 aromatic heterocycles. The average Bonchev–Trinajstić information content (AvgIpc) is 3.33. The fraction of sp³-hybridized carbons (Fsp3) is 0.800. The van der Waals surface area contributed by atoms with Crippen LogP contribution in [0.4, 0.5) is 13.2 Å². The Morgan fingerprint density at radius 1 is 1.28 bits per heavy atom. The van der Waals surface area contributed by atoms with Crippen molar-refractivity contribution in [2.24, 2.45) is 11.8 Å². The number of rotatable bonds is 10. The van der Waals surface area contributed by atoms with Gasteiger partial charge in [0, 0.05) is 19.0 Å². The Balaban J connectivity index is 2.08. The Bertz CT molecular complexity index is 715. The quantitative estimate of drug-likeness (QED) is 0.432. The molecule has 2 aliphatic heterocycles. The predicted molar refractivity (Wildman–Crippen MR) is 105 cm³/mol. The SMILES string of the molecule is CC(C)CC(O)C(=O)N1CCCC1C(=O)NC(CC1CCNC1=O)C(=O)COC(F)(F)F. The number of ether oxygens (including phenoxy) is 1. The minimum absolute atomic E-state index is 0.0528. The lowest BCUT2D eigenvalue weighted by molar-refractivity contribution is -0.321. The number of carbonyl (C=O) groups is 4. The van der Waals surface area contributed by atoms with Crippen LogP contribution in [0.2, 0.25) is 0 Å². The molecule has 0 aromatic carbocycles. The third-order valence-electron chi connectivity index (χ3n) is 5.58. The number of Topliss-reactive ketones (excluding diaryl/α,β-unsaturated/α-hetero) is 1. The Labute approximate surface area is 184 Å². The summed E-state index contributed by atoms with van der Waals surface area (Å²) < 4.78 is 40.7. The first-order chi connectivity index (χ1) is 14.9. The highest BCUT2D eigenvalue weighted by Crippen LogP contribution is 2.23. The number of likely N-dealkylation sites (tertiary alicyclic amines) is 1. The lowest BCUT2D eigenvalue weighted by Crippen LogP contribution is -2.53. The molecule has 0 saturated carbocycles. The van der Waals surface area contributed by atoms with Crippen LogP contribution in [0, 0.1) is 11.8 Å². The Kier molecular flexibility index (Phi) is 9.02. The summed E-state index contributed by atoms with van der Waals surface area (Å²) in [6.07, 6.45) is -5.08. The van der Waals surface area contributed by atoms with Gasteiger partial charge in [0.25, 0.3) is 5.91 Å². The van der Waals surface area contributed by atoms with Crippen LogP contribution in [-0.4, -0.2) is 77.8 Å². The smallest absolute Gasteiger partial charge is 0.383 e. The van der Waals surface area contributed by atoms with E-state index in [1.807, 2.05) is 13.8 Å². The summed E-state index contributed by atoms with van der Waals surface area (Å²) in [7, 11) is 0. The van der Waals surface area contributed by atoms with Crippen LogP contribution in [-0.2, 0) is 23.9 Å². The number of aliphatic hydroxyl groups is 1. The van der Waals surface area contributed by atoms with Gasteiger partial charge in [-0.1, -0.05) is 13.8 Å². The van der Waals surface area contributed by atoms with Gasteiger partial charge >= 0.3 is 6.36 Å². The third-order valence-corrected chi connectivity index (χ3v) is 5.58. The first-order valence-corrected chi connectivity index (χ1v) is 10.7. The van der Waals surface area contributed by atoms with Crippen LogP contribution in [0.3, 0.4) is 0 Å². The molecule has 3 N–H and O–H groups in total. The van der Waals surface area contributed by atoms with Crippen LogP contribution in [0.5, 0.6) is 0 Å². The second kappa shape index (κ2) is 11.1. The summed E-state index contributed by atoms with van der Waals surface area (Å²) in [6.45, 7) is 2.98. The van der Waals surface area contributed by atoms with E-state index in [0.717, 1.165) is 0 Å². The molecule has 0 aliphatic carbocycles. The number of amides is 3. The van der Waals surface area contributed by atoms with Crippen molar-refractivity contribution in [3.8, 4) is 0 Å². The lowest BCUT2D eigenvalue weighted by Gasteiger charge is -2.28. The number of hydrogen-bond acceptors (Lipinski definition) is 6. The number of nitrogens with one attached hydrogen (secondary N) is 2. The van der Waals surface area contributed by atoms with Gasteiger partial charge in [-0.15, -0.1) is 13.2 Å². The molecule has 2 aliphatic rings. The molecule has 0 radical (unpaired) electrons. The second-order valence-electron chi connectivity index (χ2n) is 8.61. The van der Waals surface area contributed by atoms with E-state index < -0.39 is 54.7 Å². The molecule has 4 atom stereocenters. The second-order valence-corrected chi connectivity index (χ2v) is 8.61. The maximum Gasteiger partial charge on any atom is 0.522 e. The number of halogens is 3. The van der Waals surface area contributed by atoms with Crippen molar-refractivity contribution in [1.82, 2.24) is 15.5 Å². The fourth-order valence-electron chi connectivity index (χ4n) is 3.99. The van der Waals surface area contributed by atoms with E-state index in [1.54, 1.807) is 0 Å². The summed E-state index contributed by atoms with van der Waals surface area (Å²) >= 11 is 0. The molecule has 12 heteroatoms. The average molecular weight is 465 g/mol. The van der Waals surface area contributed by atoms with Gasteiger partial charge in [0.05, 0.1) is 6.04 Å². The zero-order valence-corrected chi connectivity index (χ0v) is 18.1. The van der Waals surface area contributed by atoms with Crippen molar-refractivity contribution in [2.45, 2.75) is 70.5 Å². The topological polar surface area (TPSA) is 125 Å². The molecule has 2 fully saturated rings. The highest BCUT2D eigenvalue weighted by Gasteiger charge is 2.40. The summed E-state index contributed by atoms with van der Waals surface area (Å²) in [5.74, 6) is -3.26. The Morgan fingerprint density at radius 2 is 1.97 bits per heavy atom. The van der Waals surface area contributed by atoms with Crippen molar-refractivity contribution in [2.75, 3.05) is 19.7 Å². The maximum atomic E-state index is 12.9. The summed E-state index contributed by atoms with van der Waals surface area (Å²) in [6, 6.07) is -2.34. The summed E-state index contributed by atoms with van der Waals surface area (Å²) in [5, 5.41) is 15.1. The third kappa shape index (κ3) is 7.44. The molecular formula is C20H30F3N3O6. The monoisotopic (exact) mass is 465 g/mol. The zero-order chi connectivity index (χ0) is 24.1. The molecule has 182 valence electrons. The van der Waals surface area contributed by atoms with Gasteiger partial charge in [0.15, 0.2) is 5.78 Å². The number of alkyl halides is 3. The summed E-state index contributed by atoms with van der Waals surface area (Å²) in [5.41, 5.74) is 0. The largest absolute Gasteiger partial charge is 0.522 e. The lowest BCUT2D eigenvalue weighted by atomic mass is 9.95. The minimum Gasteiger partial charge on any atom is -0.383 e. The van der Waals surface area contributed by atoms with Crippen LogP contribution >= 0.6 is 0 Å². The van der Waals surface area contributed by atoms with Crippen LogP contribution in [0.25, 0.3) is 0 Å². The van der Waals surface area contributed by atoms with Gasteiger partial charge in [-0.25, -0.2) is 0 Å². The number of nitrogens with zero attached hydrogens (tertiary/aromatic N) is 1.